The number of amides is 3. The van der Waals surface area contributed by atoms with Gasteiger partial charge in [-0.25, -0.2) is 9.59 Å². The van der Waals surface area contributed by atoms with Gasteiger partial charge in [-0.15, -0.1) is 0 Å². The summed E-state index contributed by atoms with van der Waals surface area (Å²) in [5, 5.41) is 14.6. The summed E-state index contributed by atoms with van der Waals surface area (Å²) in [6.45, 7) is 6.58. The number of hydrogen-bond acceptors (Lipinski definition) is 4. The molecule has 0 radical (unpaired) electrons. The summed E-state index contributed by atoms with van der Waals surface area (Å²) in [5.41, 5.74) is 0.381. The number of carbonyl (C=O) groups excluding carboxylic acids is 2. The van der Waals surface area contributed by atoms with E-state index in [1.165, 1.54) is 0 Å². The molecule has 7 nitrogen and oxygen atoms in total. The highest BCUT2D eigenvalue weighted by molar-refractivity contribution is 5.90. The van der Waals surface area contributed by atoms with E-state index in [1.54, 1.807) is 29.2 Å². The smallest absolute Gasteiger partial charge is 0.410 e. The van der Waals surface area contributed by atoms with Gasteiger partial charge in [-0.1, -0.05) is 12.1 Å². The van der Waals surface area contributed by atoms with Crippen molar-refractivity contribution in [2.75, 3.05) is 18.4 Å². The first-order valence-electron chi connectivity index (χ1n) is 8.33. The molecule has 0 saturated carbocycles. The molecule has 0 bridgehead atoms. The molecule has 7 heteroatoms. The van der Waals surface area contributed by atoms with Crippen molar-refractivity contribution in [3.8, 4) is 6.07 Å². The van der Waals surface area contributed by atoms with Gasteiger partial charge in [-0.05, 0) is 45.7 Å². The zero-order chi connectivity index (χ0) is 18.4. The molecular weight excluding hydrogens is 320 g/mol. The van der Waals surface area contributed by atoms with Crippen LogP contribution in [0.3, 0.4) is 0 Å². The first-order chi connectivity index (χ1) is 11.8. The Kier molecular flexibility index (Phi) is 5.86. The van der Waals surface area contributed by atoms with Crippen molar-refractivity contribution in [2.24, 2.45) is 0 Å². The molecule has 0 unspecified atom stereocenters. The number of carbonyl (C=O) groups is 2. The van der Waals surface area contributed by atoms with Crippen molar-refractivity contribution >= 4 is 17.8 Å². The highest BCUT2D eigenvalue weighted by atomic mass is 16.6. The number of urea groups is 1. The van der Waals surface area contributed by atoms with Gasteiger partial charge in [0.2, 0.25) is 0 Å². The molecule has 0 aromatic heterocycles. The molecule has 1 aromatic rings. The van der Waals surface area contributed by atoms with Crippen LogP contribution in [0, 0.1) is 11.3 Å². The second kappa shape index (κ2) is 7.88. The first-order valence-corrected chi connectivity index (χ1v) is 8.33. The standard InChI is InChI=1S/C18H24N4O3/c1-18(2,3)25-17(24)22-10-8-14(9-11-22)20-16(23)21-15-7-5-4-6-13(15)12-19/h4-7,14H,8-11H2,1-3H3,(H2,20,21,23). The van der Waals surface area contributed by atoms with Gasteiger partial charge in [0.1, 0.15) is 11.7 Å². The van der Waals surface area contributed by atoms with E-state index >= 15 is 0 Å². The Balaban J connectivity index is 1.81. The summed E-state index contributed by atoms with van der Waals surface area (Å²) in [5.74, 6) is 0. The fourth-order valence-electron chi connectivity index (χ4n) is 2.57. The van der Waals surface area contributed by atoms with Crippen LogP contribution in [0.2, 0.25) is 0 Å². The number of ether oxygens (including phenoxy) is 1. The molecule has 1 heterocycles. The van der Waals surface area contributed by atoms with Crippen molar-refractivity contribution in [1.82, 2.24) is 10.2 Å². The predicted molar refractivity (Wildman–Crippen MR) is 94.1 cm³/mol. The molecule has 1 fully saturated rings. The van der Waals surface area contributed by atoms with Crippen molar-refractivity contribution in [3.05, 3.63) is 29.8 Å². The summed E-state index contributed by atoms with van der Waals surface area (Å²) in [4.78, 5) is 25.8. The zero-order valence-corrected chi connectivity index (χ0v) is 14.8. The maximum atomic E-state index is 12.1. The maximum absolute atomic E-state index is 12.1. The van der Waals surface area contributed by atoms with E-state index in [9.17, 15) is 9.59 Å². The average molecular weight is 344 g/mol. The quantitative estimate of drug-likeness (QED) is 0.862. The van der Waals surface area contributed by atoms with Crippen molar-refractivity contribution in [3.63, 3.8) is 0 Å². The van der Waals surface area contributed by atoms with Crippen molar-refractivity contribution in [2.45, 2.75) is 45.3 Å². The van der Waals surface area contributed by atoms with Crippen LogP contribution in [0.15, 0.2) is 24.3 Å². The van der Waals surface area contributed by atoms with E-state index in [2.05, 4.69) is 10.6 Å². The molecule has 0 atom stereocenters. The van der Waals surface area contributed by atoms with E-state index in [0.29, 0.717) is 37.2 Å². The summed E-state index contributed by atoms with van der Waals surface area (Å²) in [7, 11) is 0. The lowest BCUT2D eigenvalue weighted by atomic mass is 10.1. The second-order valence-electron chi connectivity index (χ2n) is 7.00. The maximum Gasteiger partial charge on any atom is 0.410 e. The summed E-state index contributed by atoms with van der Waals surface area (Å²) < 4.78 is 5.35. The molecule has 25 heavy (non-hydrogen) atoms. The molecule has 2 rings (SSSR count). The Labute approximate surface area is 147 Å². The summed E-state index contributed by atoms with van der Waals surface area (Å²) in [6.07, 6.45) is 0.998. The molecule has 1 aromatic carbocycles. The molecule has 3 amide bonds. The first kappa shape index (κ1) is 18.6. The number of rotatable bonds is 2. The van der Waals surface area contributed by atoms with Crippen LogP contribution >= 0.6 is 0 Å². The highest BCUT2D eigenvalue weighted by Crippen LogP contribution is 2.16. The Hall–Kier alpha value is -2.75. The molecule has 1 aliphatic heterocycles. The van der Waals surface area contributed by atoms with Crippen molar-refractivity contribution < 1.29 is 14.3 Å². The van der Waals surface area contributed by atoms with Gasteiger partial charge in [0.05, 0.1) is 11.3 Å². The van der Waals surface area contributed by atoms with Gasteiger partial charge in [0, 0.05) is 19.1 Å². The van der Waals surface area contributed by atoms with Crippen LogP contribution < -0.4 is 10.6 Å². The minimum absolute atomic E-state index is 0.0204. The summed E-state index contributed by atoms with van der Waals surface area (Å²) in [6, 6.07) is 8.51. The fraction of sp³-hybridized carbons (Fsp3) is 0.500. The largest absolute Gasteiger partial charge is 0.444 e. The van der Waals surface area contributed by atoms with Crippen LogP contribution in [0.5, 0.6) is 0 Å². The third-order valence-electron chi connectivity index (χ3n) is 3.78. The van der Waals surface area contributed by atoms with Gasteiger partial charge < -0.3 is 20.3 Å². The normalized spacial score (nSPS) is 15.2. The lowest BCUT2D eigenvalue weighted by Gasteiger charge is -2.33. The number of nitrogens with zero attached hydrogens (tertiary/aromatic N) is 2. The Bertz CT molecular complexity index is 668. The third kappa shape index (κ3) is 5.68. The number of likely N-dealkylation sites (tertiary alicyclic amines) is 1. The summed E-state index contributed by atoms with van der Waals surface area (Å²) >= 11 is 0. The van der Waals surface area contributed by atoms with Gasteiger partial charge in [0.25, 0.3) is 0 Å². The SMILES string of the molecule is CC(C)(C)OC(=O)N1CCC(NC(=O)Nc2ccccc2C#N)CC1. The van der Waals surface area contributed by atoms with E-state index in [-0.39, 0.29) is 18.2 Å². The predicted octanol–water partition coefficient (Wildman–Crippen LogP) is 3.08. The third-order valence-corrected chi connectivity index (χ3v) is 3.78. The number of anilines is 1. The van der Waals surface area contributed by atoms with Gasteiger partial charge >= 0.3 is 12.1 Å². The monoisotopic (exact) mass is 344 g/mol. The number of nitrogens with one attached hydrogen (secondary N) is 2. The Morgan fingerprint density at radius 3 is 2.48 bits per heavy atom. The van der Waals surface area contributed by atoms with Crippen LogP contribution in [0.1, 0.15) is 39.2 Å². The zero-order valence-electron chi connectivity index (χ0n) is 14.8. The molecular formula is C18H24N4O3. The number of nitriles is 1. The van der Waals surface area contributed by atoms with E-state index < -0.39 is 5.60 Å². The van der Waals surface area contributed by atoms with E-state index in [4.69, 9.17) is 10.00 Å². The average Bonchev–Trinajstić information content (AvgIpc) is 2.54. The number of hydrogen-bond donors (Lipinski definition) is 2. The van der Waals surface area contributed by atoms with Crippen LogP contribution in [-0.4, -0.2) is 41.8 Å². The molecule has 0 aliphatic carbocycles. The molecule has 0 spiro atoms. The number of benzene rings is 1. The van der Waals surface area contributed by atoms with Crippen molar-refractivity contribution in [1.29, 1.82) is 5.26 Å². The number of para-hydroxylation sites is 1. The lowest BCUT2D eigenvalue weighted by molar-refractivity contribution is 0.0202. The Morgan fingerprint density at radius 1 is 1.24 bits per heavy atom. The molecule has 1 aliphatic rings. The second-order valence-corrected chi connectivity index (χ2v) is 7.00. The Morgan fingerprint density at radius 2 is 1.88 bits per heavy atom. The van der Waals surface area contributed by atoms with E-state index in [1.807, 2.05) is 26.8 Å². The van der Waals surface area contributed by atoms with Crippen LogP contribution in [-0.2, 0) is 4.74 Å². The van der Waals surface area contributed by atoms with Gasteiger partial charge in [0.15, 0.2) is 0 Å². The topological polar surface area (TPSA) is 94.5 Å². The van der Waals surface area contributed by atoms with Crippen LogP contribution in [0.25, 0.3) is 0 Å². The van der Waals surface area contributed by atoms with Gasteiger partial charge in [-0.3, -0.25) is 0 Å². The number of piperidine rings is 1. The molecule has 134 valence electrons. The van der Waals surface area contributed by atoms with Crippen LogP contribution in [0.4, 0.5) is 15.3 Å². The fourth-order valence-corrected chi connectivity index (χ4v) is 2.57. The minimum atomic E-state index is -0.514. The van der Waals surface area contributed by atoms with E-state index in [0.717, 1.165) is 0 Å². The highest BCUT2D eigenvalue weighted by Gasteiger charge is 2.27. The minimum Gasteiger partial charge on any atom is -0.444 e. The lowest BCUT2D eigenvalue weighted by Crippen LogP contribution is -2.48. The molecule has 1 saturated heterocycles. The molecule has 2 N–H and O–H groups in total. The van der Waals surface area contributed by atoms with Gasteiger partial charge in [-0.2, -0.15) is 5.26 Å².